The molecule has 124 valence electrons. The monoisotopic (exact) mass is 357 g/mol. The Kier molecular flexibility index (Phi) is 4.96. The van der Waals surface area contributed by atoms with Crippen molar-refractivity contribution in [3.63, 3.8) is 0 Å². The molecule has 7 nitrogen and oxygen atoms in total. The first kappa shape index (κ1) is 17.3. The summed E-state index contributed by atoms with van der Waals surface area (Å²) >= 11 is 5.73. The summed E-state index contributed by atoms with van der Waals surface area (Å²) in [7, 11) is -4.08. The Balaban J connectivity index is 2.48. The van der Waals surface area contributed by atoms with Gasteiger partial charge in [0.2, 0.25) is 0 Å². The fourth-order valence-corrected chi connectivity index (χ4v) is 3.40. The average molecular weight is 358 g/mol. The van der Waals surface area contributed by atoms with Crippen molar-refractivity contribution in [2.75, 3.05) is 13.1 Å². The highest BCUT2D eigenvalue weighted by Gasteiger charge is 2.23. The second kappa shape index (κ2) is 6.59. The van der Waals surface area contributed by atoms with Crippen molar-refractivity contribution < 1.29 is 13.2 Å². The molecule has 0 bridgehead atoms. The standard InChI is InChI=1S/C14H16ClN3O4S/c1-3-16(4-2)13(19)17-9-10-18(14(17)20)23(21,22)12-7-5-11(15)6-8-12/h5-10H,3-4H2,1-2H3. The third-order valence-electron chi connectivity index (χ3n) is 3.36. The number of amides is 1. The summed E-state index contributed by atoms with van der Waals surface area (Å²) in [6.45, 7) is 4.37. The minimum Gasteiger partial charge on any atom is -0.325 e. The molecule has 0 N–H and O–H groups in total. The van der Waals surface area contributed by atoms with Gasteiger partial charge in [-0.25, -0.2) is 22.6 Å². The van der Waals surface area contributed by atoms with Crippen LogP contribution in [-0.2, 0) is 10.0 Å². The van der Waals surface area contributed by atoms with E-state index in [1.807, 2.05) is 0 Å². The van der Waals surface area contributed by atoms with Crippen molar-refractivity contribution in [3.05, 3.63) is 52.2 Å². The summed E-state index contributed by atoms with van der Waals surface area (Å²) in [5.74, 6) is 0. The Bertz CT molecular complexity index is 864. The molecule has 0 fully saturated rings. The number of carbonyl (C=O) groups is 1. The average Bonchev–Trinajstić information content (AvgIpc) is 2.91. The maximum absolute atomic E-state index is 12.5. The fraction of sp³-hybridized carbons (Fsp3) is 0.286. The van der Waals surface area contributed by atoms with Gasteiger partial charge < -0.3 is 4.90 Å². The van der Waals surface area contributed by atoms with Crippen LogP contribution in [0.15, 0.2) is 46.3 Å². The van der Waals surface area contributed by atoms with Gasteiger partial charge in [-0.3, -0.25) is 0 Å². The third kappa shape index (κ3) is 3.18. The SMILES string of the molecule is CCN(CC)C(=O)n1ccn(S(=O)(=O)c2ccc(Cl)cc2)c1=O. The molecule has 0 saturated heterocycles. The molecule has 0 radical (unpaired) electrons. The maximum Gasteiger partial charge on any atom is 0.350 e. The van der Waals surface area contributed by atoms with Crippen LogP contribution in [0.5, 0.6) is 0 Å². The molecule has 0 spiro atoms. The van der Waals surface area contributed by atoms with E-state index in [1.54, 1.807) is 13.8 Å². The number of benzene rings is 1. The number of hydrogen-bond donors (Lipinski definition) is 0. The van der Waals surface area contributed by atoms with Gasteiger partial charge in [0.15, 0.2) is 0 Å². The van der Waals surface area contributed by atoms with Crippen LogP contribution in [0.25, 0.3) is 0 Å². The zero-order valence-corrected chi connectivity index (χ0v) is 14.2. The Labute approximate surface area is 138 Å². The van der Waals surface area contributed by atoms with Gasteiger partial charge in [0.05, 0.1) is 4.90 Å². The van der Waals surface area contributed by atoms with Gasteiger partial charge in [0.1, 0.15) is 0 Å². The normalized spacial score (nSPS) is 11.4. The molecule has 2 aromatic rings. The molecule has 2 rings (SSSR count). The van der Waals surface area contributed by atoms with Crippen molar-refractivity contribution in [1.29, 1.82) is 0 Å². The van der Waals surface area contributed by atoms with Crippen LogP contribution in [0.1, 0.15) is 13.8 Å². The highest BCUT2D eigenvalue weighted by atomic mass is 35.5. The molecule has 1 aromatic carbocycles. The lowest BCUT2D eigenvalue weighted by molar-refractivity contribution is 0.204. The zero-order valence-electron chi connectivity index (χ0n) is 12.6. The topological polar surface area (TPSA) is 81.4 Å². The number of nitrogens with zero attached hydrogens (tertiary/aromatic N) is 3. The maximum atomic E-state index is 12.5. The first-order valence-electron chi connectivity index (χ1n) is 6.93. The van der Waals surface area contributed by atoms with E-state index in [4.69, 9.17) is 11.6 Å². The molecule has 1 aromatic heterocycles. The summed E-state index contributed by atoms with van der Waals surface area (Å²) < 4.78 is 26.3. The van der Waals surface area contributed by atoms with E-state index in [0.717, 1.165) is 17.0 Å². The first-order chi connectivity index (χ1) is 10.8. The van der Waals surface area contributed by atoms with Crippen molar-refractivity contribution in [2.24, 2.45) is 0 Å². The Morgan fingerprint density at radius 2 is 1.70 bits per heavy atom. The molecular formula is C14H16ClN3O4S. The predicted octanol–water partition coefficient (Wildman–Crippen LogP) is 1.85. The van der Waals surface area contributed by atoms with Gasteiger partial charge in [-0.2, -0.15) is 3.97 Å². The number of halogens is 1. The van der Waals surface area contributed by atoms with E-state index >= 15 is 0 Å². The van der Waals surface area contributed by atoms with E-state index in [0.29, 0.717) is 22.1 Å². The Morgan fingerprint density at radius 3 is 2.22 bits per heavy atom. The van der Waals surface area contributed by atoms with Crippen molar-refractivity contribution in [1.82, 2.24) is 13.4 Å². The van der Waals surface area contributed by atoms with Gasteiger partial charge in [-0.1, -0.05) is 11.6 Å². The lowest BCUT2D eigenvalue weighted by Crippen LogP contribution is -2.40. The summed E-state index contributed by atoms with van der Waals surface area (Å²) in [4.78, 5) is 25.9. The molecule has 0 saturated carbocycles. The first-order valence-corrected chi connectivity index (χ1v) is 8.75. The molecule has 1 heterocycles. The molecule has 0 aliphatic carbocycles. The molecule has 0 aliphatic rings. The number of rotatable bonds is 4. The lowest BCUT2D eigenvalue weighted by Gasteiger charge is -2.17. The van der Waals surface area contributed by atoms with E-state index in [-0.39, 0.29) is 4.90 Å². The molecule has 0 unspecified atom stereocenters. The molecule has 0 aliphatic heterocycles. The minimum atomic E-state index is -4.08. The number of aromatic nitrogens is 2. The van der Waals surface area contributed by atoms with Crippen LogP contribution in [0.2, 0.25) is 5.02 Å². The Morgan fingerprint density at radius 1 is 1.13 bits per heavy atom. The highest BCUT2D eigenvalue weighted by Crippen LogP contribution is 2.16. The summed E-state index contributed by atoms with van der Waals surface area (Å²) in [5, 5.41) is 0.380. The molecule has 1 amide bonds. The second-order valence-electron chi connectivity index (χ2n) is 4.66. The smallest absolute Gasteiger partial charge is 0.325 e. The van der Waals surface area contributed by atoms with Crippen LogP contribution in [0.3, 0.4) is 0 Å². The van der Waals surface area contributed by atoms with Crippen molar-refractivity contribution in [2.45, 2.75) is 18.7 Å². The van der Waals surface area contributed by atoms with E-state index in [9.17, 15) is 18.0 Å². The largest absolute Gasteiger partial charge is 0.350 e. The van der Waals surface area contributed by atoms with Crippen molar-refractivity contribution >= 4 is 27.7 Å². The van der Waals surface area contributed by atoms with E-state index in [1.165, 1.54) is 29.2 Å². The second-order valence-corrected chi connectivity index (χ2v) is 6.91. The van der Waals surface area contributed by atoms with Gasteiger partial charge in [-0.05, 0) is 38.1 Å². The van der Waals surface area contributed by atoms with Crippen LogP contribution in [0.4, 0.5) is 4.79 Å². The lowest BCUT2D eigenvalue weighted by atomic mass is 10.4. The predicted molar refractivity (Wildman–Crippen MR) is 86.4 cm³/mol. The third-order valence-corrected chi connectivity index (χ3v) is 5.27. The number of imidazole rings is 1. The highest BCUT2D eigenvalue weighted by molar-refractivity contribution is 7.90. The summed E-state index contributed by atoms with van der Waals surface area (Å²) in [6.07, 6.45) is 2.21. The van der Waals surface area contributed by atoms with E-state index < -0.39 is 21.7 Å². The van der Waals surface area contributed by atoms with Crippen molar-refractivity contribution in [3.8, 4) is 0 Å². The van der Waals surface area contributed by atoms with Crippen LogP contribution in [0, 0.1) is 0 Å². The number of carbonyl (C=O) groups excluding carboxylic acids is 1. The quantitative estimate of drug-likeness (QED) is 0.836. The number of hydrogen-bond acceptors (Lipinski definition) is 4. The molecule has 23 heavy (non-hydrogen) atoms. The van der Waals surface area contributed by atoms with Gasteiger partial charge >= 0.3 is 11.7 Å². The fourth-order valence-electron chi connectivity index (χ4n) is 2.06. The van der Waals surface area contributed by atoms with Gasteiger partial charge in [-0.15, -0.1) is 0 Å². The molecular weight excluding hydrogens is 342 g/mol. The van der Waals surface area contributed by atoms with Gasteiger partial charge in [0, 0.05) is 30.5 Å². The van der Waals surface area contributed by atoms with E-state index in [2.05, 4.69) is 0 Å². The van der Waals surface area contributed by atoms with Crippen LogP contribution >= 0.6 is 11.6 Å². The van der Waals surface area contributed by atoms with Crippen LogP contribution < -0.4 is 5.69 Å². The van der Waals surface area contributed by atoms with Gasteiger partial charge in [0.25, 0.3) is 10.0 Å². The summed E-state index contributed by atoms with van der Waals surface area (Å²) in [5.41, 5.74) is -0.933. The molecule has 9 heteroatoms. The summed E-state index contributed by atoms with van der Waals surface area (Å²) in [6, 6.07) is 4.86. The Hall–Kier alpha value is -2.06. The minimum absolute atomic E-state index is 0.0861. The van der Waals surface area contributed by atoms with Crippen LogP contribution in [-0.4, -0.2) is 41.0 Å². The molecule has 0 atom stereocenters. The zero-order chi connectivity index (χ0) is 17.2.